The smallest absolute Gasteiger partial charge is 0.274 e. The molecule has 0 spiro atoms. The van der Waals surface area contributed by atoms with E-state index in [1.54, 1.807) is 11.8 Å². The normalized spacial score (nSPS) is 19.4. The van der Waals surface area contributed by atoms with Gasteiger partial charge in [-0.15, -0.1) is 0 Å². The molecule has 1 fully saturated rings. The maximum Gasteiger partial charge on any atom is 0.274 e. The van der Waals surface area contributed by atoms with E-state index in [1.165, 1.54) is 0 Å². The van der Waals surface area contributed by atoms with Gasteiger partial charge in [0.25, 0.3) is 5.91 Å². The van der Waals surface area contributed by atoms with Gasteiger partial charge in [-0.25, -0.2) is 9.97 Å². The van der Waals surface area contributed by atoms with Crippen LogP contribution >= 0.6 is 0 Å². The molecule has 0 aliphatic carbocycles. The number of hydrogen-bond donors (Lipinski definition) is 1. The van der Waals surface area contributed by atoms with Crippen LogP contribution in [0.3, 0.4) is 0 Å². The Bertz CT molecular complexity index is 945. The van der Waals surface area contributed by atoms with Crippen molar-refractivity contribution >= 4 is 11.8 Å². The third-order valence-corrected chi connectivity index (χ3v) is 5.84. The molecule has 0 saturated carbocycles. The van der Waals surface area contributed by atoms with E-state index in [0.717, 1.165) is 35.7 Å². The van der Waals surface area contributed by atoms with Crippen LogP contribution < -0.4 is 0 Å². The summed E-state index contributed by atoms with van der Waals surface area (Å²) in [5.74, 6) is 1.05. The van der Waals surface area contributed by atoms with Gasteiger partial charge in [0.1, 0.15) is 11.5 Å². The first-order valence-corrected chi connectivity index (χ1v) is 10.2. The highest BCUT2D eigenvalue weighted by Gasteiger charge is 2.30. The van der Waals surface area contributed by atoms with Crippen molar-refractivity contribution in [1.82, 2.24) is 30.0 Å². The predicted octanol–water partition coefficient (Wildman–Crippen LogP) is 2.03. The summed E-state index contributed by atoms with van der Waals surface area (Å²) in [6.45, 7) is 10.4. The highest BCUT2D eigenvalue weighted by molar-refractivity contribution is 5.92. The van der Waals surface area contributed by atoms with E-state index in [9.17, 15) is 9.59 Å². The van der Waals surface area contributed by atoms with Crippen LogP contribution in [-0.4, -0.2) is 61.4 Å². The molecule has 0 unspecified atom stereocenters. The zero-order chi connectivity index (χ0) is 20.8. The first kappa shape index (κ1) is 19.5. The number of likely N-dealkylation sites (tertiary alicyclic amines) is 1. The highest BCUT2D eigenvalue weighted by Crippen LogP contribution is 2.27. The number of carbonyl (C=O) groups excluding carboxylic acids is 2. The molecule has 8 nitrogen and oxygen atoms in total. The second kappa shape index (κ2) is 7.24. The van der Waals surface area contributed by atoms with Crippen molar-refractivity contribution in [2.45, 2.75) is 58.4 Å². The fourth-order valence-electron chi connectivity index (χ4n) is 3.94. The second-order valence-electron chi connectivity index (χ2n) is 9.04. The third kappa shape index (κ3) is 3.88. The van der Waals surface area contributed by atoms with Crippen LogP contribution in [-0.2, 0) is 23.2 Å². The zero-order valence-corrected chi connectivity index (χ0v) is 17.5. The Hall–Kier alpha value is -2.77. The minimum absolute atomic E-state index is 0.0700. The van der Waals surface area contributed by atoms with Gasteiger partial charge >= 0.3 is 0 Å². The molecule has 2 aliphatic rings. The van der Waals surface area contributed by atoms with E-state index >= 15 is 0 Å². The van der Waals surface area contributed by atoms with Crippen LogP contribution in [0.2, 0.25) is 0 Å². The van der Waals surface area contributed by atoms with E-state index in [4.69, 9.17) is 4.98 Å². The second-order valence-corrected chi connectivity index (χ2v) is 9.04. The van der Waals surface area contributed by atoms with Crippen LogP contribution in [0.1, 0.15) is 73.3 Å². The molecule has 0 radical (unpaired) electrons. The van der Waals surface area contributed by atoms with Gasteiger partial charge in [0.05, 0.1) is 5.69 Å². The lowest BCUT2D eigenvalue weighted by atomic mass is 9.92. The zero-order valence-electron chi connectivity index (χ0n) is 17.5. The Labute approximate surface area is 170 Å². The fourth-order valence-corrected chi connectivity index (χ4v) is 3.94. The monoisotopic (exact) mass is 396 g/mol. The molecular formula is C21H28N6O2. The fraction of sp³-hybridized carbons (Fsp3) is 0.571. The predicted molar refractivity (Wildman–Crippen MR) is 107 cm³/mol. The number of nitrogens with one attached hydrogen (secondary N) is 1. The maximum atomic E-state index is 12.9. The quantitative estimate of drug-likeness (QED) is 0.838. The average Bonchev–Trinajstić information content (AvgIpc) is 3.36. The highest BCUT2D eigenvalue weighted by atomic mass is 16.2. The molecule has 4 rings (SSSR count). The lowest BCUT2D eigenvalue weighted by molar-refractivity contribution is -0.127. The summed E-state index contributed by atoms with van der Waals surface area (Å²) in [6.07, 6.45) is 3.45. The number of nitrogens with zero attached hydrogens (tertiary/aromatic N) is 5. The standard InChI is InChI=1S/C21H28N6O2/c1-13(28)26-7-5-14(11-26)19-22-10-15-12-27(8-6-16(15)23-19)20(29)17-9-18(25-24-17)21(2,3)4/h9-10,14H,5-8,11-12H2,1-4H3,(H,24,25)/t14-/m0/s1. The number of fused-ring (bicyclic) bond motifs is 1. The molecule has 1 N–H and O–H groups in total. The summed E-state index contributed by atoms with van der Waals surface area (Å²) in [5.41, 5.74) is 3.32. The van der Waals surface area contributed by atoms with Crippen molar-refractivity contribution in [3.05, 3.63) is 40.7 Å². The van der Waals surface area contributed by atoms with Crippen LogP contribution in [0.4, 0.5) is 0 Å². The third-order valence-electron chi connectivity index (χ3n) is 5.84. The Balaban J connectivity index is 1.46. The number of aromatic nitrogens is 4. The molecule has 2 aromatic heterocycles. The molecule has 2 aliphatic heterocycles. The molecule has 2 aromatic rings. The van der Waals surface area contributed by atoms with Crippen LogP contribution in [0, 0.1) is 0 Å². The average molecular weight is 396 g/mol. The first-order chi connectivity index (χ1) is 13.7. The van der Waals surface area contributed by atoms with E-state index in [1.807, 2.05) is 17.2 Å². The van der Waals surface area contributed by atoms with Crippen LogP contribution in [0.25, 0.3) is 0 Å². The summed E-state index contributed by atoms with van der Waals surface area (Å²) in [4.78, 5) is 37.5. The van der Waals surface area contributed by atoms with E-state index in [2.05, 4.69) is 36.0 Å². The number of hydrogen-bond acceptors (Lipinski definition) is 5. The van der Waals surface area contributed by atoms with E-state index in [0.29, 0.717) is 31.7 Å². The van der Waals surface area contributed by atoms with Crippen molar-refractivity contribution < 1.29 is 9.59 Å². The minimum Gasteiger partial charge on any atom is -0.342 e. The van der Waals surface area contributed by atoms with Gasteiger partial charge in [0.15, 0.2) is 0 Å². The number of amides is 2. The molecule has 4 heterocycles. The Morgan fingerprint density at radius 2 is 2.00 bits per heavy atom. The van der Waals surface area contributed by atoms with Crippen molar-refractivity contribution in [2.75, 3.05) is 19.6 Å². The largest absolute Gasteiger partial charge is 0.342 e. The van der Waals surface area contributed by atoms with Gasteiger partial charge in [-0.05, 0) is 12.5 Å². The molecule has 154 valence electrons. The van der Waals surface area contributed by atoms with E-state index < -0.39 is 0 Å². The van der Waals surface area contributed by atoms with E-state index in [-0.39, 0.29) is 23.1 Å². The van der Waals surface area contributed by atoms with Crippen LogP contribution in [0.15, 0.2) is 12.3 Å². The minimum atomic E-state index is -0.0809. The van der Waals surface area contributed by atoms with Gasteiger partial charge in [-0.1, -0.05) is 20.8 Å². The van der Waals surface area contributed by atoms with Crippen molar-refractivity contribution in [3.63, 3.8) is 0 Å². The Morgan fingerprint density at radius 3 is 2.66 bits per heavy atom. The maximum absolute atomic E-state index is 12.9. The van der Waals surface area contributed by atoms with Gasteiger partial charge in [0.2, 0.25) is 5.91 Å². The number of carbonyl (C=O) groups is 2. The summed E-state index contributed by atoms with van der Waals surface area (Å²) in [5, 5.41) is 7.21. The topological polar surface area (TPSA) is 95.1 Å². The van der Waals surface area contributed by atoms with Gasteiger partial charge in [0, 0.05) is 68.3 Å². The summed E-state index contributed by atoms with van der Waals surface area (Å²) < 4.78 is 0. The van der Waals surface area contributed by atoms with Gasteiger partial charge < -0.3 is 9.80 Å². The molecule has 1 saturated heterocycles. The number of aromatic amines is 1. The number of H-pyrrole nitrogens is 1. The molecule has 29 heavy (non-hydrogen) atoms. The van der Waals surface area contributed by atoms with Crippen LogP contribution in [0.5, 0.6) is 0 Å². The first-order valence-electron chi connectivity index (χ1n) is 10.2. The summed E-state index contributed by atoms with van der Waals surface area (Å²) in [6, 6.07) is 1.85. The molecule has 0 bridgehead atoms. The Kier molecular flexibility index (Phi) is 4.88. The SMILES string of the molecule is CC(=O)N1CC[C@H](c2ncc3c(n2)CCN(C(=O)c2cc(C(C)(C)C)[nH]n2)C3)C1. The van der Waals surface area contributed by atoms with Gasteiger partial charge in [-0.2, -0.15) is 5.10 Å². The van der Waals surface area contributed by atoms with Crippen molar-refractivity contribution in [1.29, 1.82) is 0 Å². The van der Waals surface area contributed by atoms with Crippen molar-refractivity contribution in [3.8, 4) is 0 Å². The summed E-state index contributed by atoms with van der Waals surface area (Å²) in [7, 11) is 0. The number of rotatable bonds is 2. The summed E-state index contributed by atoms with van der Waals surface area (Å²) >= 11 is 0. The molecule has 0 aromatic carbocycles. The Morgan fingerprint density at radius 1 is 1.21 bits per heavy atom. The molecule has 1 atom stereocenters. The lowest BCUT2D eigenvalue weighted by Gasteiger charge is -2.28. The molecular weight excluding hydrogens is 368 g/mol. The van der Waals surface area contributed by atoms with Gasteiger partial charge in [-0.3, -0.25) is 14.7 Å². The molecule has 2 amide bonds. The van der Waals surface area contributed by atoms with Crippen molar-refractivity contribution in [2.24, 2.45) is 0 Å². The molecule has 8 heteroatoms. The lowest BCUT2D eigenvalue weighted by Crippen LogP contribution is -2.37.